The number of carbonyl (C=O) groups is 1. The normalized spacial score (nSPS) is 33.3. The Morgan fingerprint density at radius 3 is 2.59 bits per heavy atom. The van der Waals surface area contributed by atoms with Crippen molar-refractivity contribution in [1.29, 1.82) is 0 Å². The zero-order valence-corrected chi connectivity index (χ0v) is 9.97. The van der Waals surface area contributed by atoms with Crippen LogP contribution in [0.1, 0.15) is 37.7 Å². The van der Waals surface area contributed by atoms with Gasteiger partial charge in [0.1, 0.15) is 0 Å². The summed E-state index contributed by atoms with van der Waals surface area (Å²) in [5.74, 6) is -1.22. The number of carboxylic acid groups (broad SMARTS) is 1. The van der Waals surface area contributed by atoms with Crippen LogP contribution in [0.4, 0.5) is 0 Å². The highest BCUT2D eigenvalue weighted by Gasteiger charge is 2.40. The molecule has 1 aliphatic rings. The summed E-state index contributed by atoms with van der Waals surface area (Å²) in [6.07, 6.45) is 1.63. The van der Waals surface area contributed by atoms with Gasteiger partial charge >= 0.3 is 5.97 Å². The molecule has 1 aromatic rings. The summed E-state index contributed by atoms with van der Waals surface area (Å²) in [4.78, 5) is 11.3. The summed E-state index contributed by atoms with van der Waals surface area (Å²) >= 11 is 0. The highest BCUT2D eigenvalue weighted by atomic mass is 16.4. The molecule has 0 aromatic heterocycles. The van der Waals surface area contributed by atoms with Crippen LogP contribution in [-0.2, 0) is 4.79 Å². The van der Waals surface area contributed by atoms with E-state index in [1.54, 1.807) is 6.92 Å². The van der Waals surface area contributed by atoms with Crippen LogP contribution in [0.3, 0.4) is 0 Å². The summed E-state index contributed by atoms with van der Waals surface area (Å²) in [5, 5.41) is 19.4. The second kappa shape index (κ2) is 4.49. The molecule has 1 fully saturated rings. The first kappa shape index (κ1) is 12.1. The summed E-state index contributed by atoms with van der Waals surface area (Å²) < 4.78 is 0. The number of aliphatic carboxylic acids is 1. The van der Waals surface area contributed by atoms with Gasteiger partial charge in [0.2, 0.25) is 0 Å². The van der Waals surface area contributed by atoms with Crippen LogP contribution in [-0.4, -0.2) is 21.8 Å². The molecule has 1 aromatic carbocycles. The molecule has 0 aliphatic heterocycles. The molecule has 17 heavy (non-hydrogen) atoms. The van der Waals surface area contributed by atoms with Crippen molar-refractivity contribution < 1.29 is 15.0 Å². The fraction of sp³-hybridized carbons (Fsp3) is 0.500. The van der Waals surface area contributed by atoms with Crippen LogP contribution in [0.2, 0.25) is 0 Å². The number of benzene rings is 1. The Balaban J connectivity index is 2.29. The minimum Gasteiger partial charge on any atom is -0.481 e. The van der Waals surface area contributed by atoms with Crippen LogP contribution >= 0.6 is 0 Å². The molecule has 0 spiro atoms. The standard InChI is InChI=1S/C14H18O3/c1-14(17)8-7-11(13(15)16)12(9-14)10-5-3-2-4-6-10/h2-6,11-12,17H,7-9H2,1H3,(H,15,16)/t11-,12+,14?/m1/s1. The van der Waals surface area contributed by atoms with Gasteiger partial charge in [-0.15, -0.1) is 0 Å². The van der Waals surface area contributed by atoms with Gasteiger partial charge in [0.05, 0.1) is 11.5 Å². The molecule has 3 atom stereocenters. The molecule has 2 rings (SSSR count). The van der Waals surface area contributed by atoms with E-state index in [4.69, 9.17) is 0 Å². The van der Waals surface area contributed by atoms with Crippen molar-refractivity contribution in [2.75, 3.05) is 0 Å². The molecule has 3 nitrogen and oxygen atoms in total. The van der Waals surface area contributed by atoms with Gasteiger partial charge in [-0.3, -0.25) is 4.79 Å². The fourth-order valence-corrected chi connectivity index (χ4v) is 2.73. The molecule has 92 valence electrons. The average molecular weight is 234 g/mol. The minimum atomic E-state index is -0.755. The quantitative estimate of drug-likeness (QED) is 0.826. The summed E-state index contributed by atoms with van der Waals surface area (Å²) in [7, 11) is 0. The molecule has 1 saturated carbocycles. The van der Waals surface area contributed by atoms with E-state index in [2.05, 4.69) is 0 Å². The number of rotatable bonds is 2. The first-order valence-electron chi connectivity index (χ1n) is 6.00. The maximum Gasteiger partial charge on any atom is 0.307 e. The third-order valence-electron chi connectivity index (χ3n) is 3.68. The van der Waals surface area contributed by atoms with Crippen molar-refractivity contribution in [3.8, 4) is 0 Å². The molecule has 0 amide bonds. The lowest BCUT2D eigenvalue weighted by Gasteiger charge is -2.38. The number of hydrogen-bond acceptors (Lipinski definition) is 2. The summed E-state index contributed by atoms with van der Waals surface area (Å²) in [6.45, 7) is 1.79. The molecule has 1 unspecified atom stereocenters. The maximum atomic E-state index is 11.3. The van der Waals surface area contributed by atoms with E-state index in [0.717, 1.165) is 5.56 Å². The van der Waals surface area contributed by atoms with Gasteiger partial charge in [0.25, 0.3) is 0 Å². The van der Waals surface area contributed by atoms with Gasteiger partial charge in [-0.25, -0.2) is 0 Å². The van der Waals surface area contributed by atoms with Crippen LogP contribution in [0.15, 0.2) is 30.3 Å². The highest BCUT2D eigenvalue weighted by molar-refractivity contribution is 5.71. The third kappa shape index (κ3) is 2.67. The Kier molecular flexibility index (Phi) is 3.20. The third-order valence-corrected chi connectivity index (χ3v) is 3.68. The summed E-state index contributed by atoms with van der Waals surface area (Å²) in [6, 6.07) is 9.64. The maximum absolute atomic E-state index is 11.3. The lowest BCUT2D eigenvalue weighted by molar-refractivity contribution is -0.145. The molecule has 0 bridgehead atoms. The van der Waals surface area contributed by atoms with E-state index >= 15 is 0 Å². The number of aliphatic hydroxyl groups is 1. The molecular formula is C14H18O3. The topological polar surface area (TPSA) is 57.5 Å². The molecule has 1 aliphatic carbocycles. The Labute approximate surface area is 101 Å². The van der Waals surface area contributed by atoms with Gasteiger partial charge in [-0.05, 0) is 37.7 Å². The van der Waals surface area contributed by atoms with Crippen molar-refractivity contribution in [3.05, 3.63) is 35.9 Å². The average Bonchev–Trinajstić information content (AvgIpc) is 2.28. The van der Waals surface area contributed by atoms with E-state index in [1.165, 1.54) is 0 Å². The second-order valence-electron chi connectivity index (χ2n) is 5.20. The van der Waals surface area contributed by atoms with E-state index < -0.39 is 11.6 Å². The van der Waals surface area contributed by atoms with Crippen molar-refractivity contribution in [1.82, 2.24) is 0 Å². The van der Waals surface area contributed by atoms with Crippen molar-refractivity contribution in [2.24, 2.45) is 5.92 Å². The van der Waals surface area contributed by atoms with Crippen molar-refractivity contribution in [3.63, 3.8) is 0 Å². The van der Waals surface area contributed by atoms with Gasteiger partial charge in [0, 0.05) is 0 Å². The Hall–Kier alpha value is -1.35. The van der Waals surface area contributed by atoms with Crippen molar-refractivity contribution >= 4 is 5.97 Å². The van der Waals surface area contributed by atoms with E-state index in [-0.39, 0.29) is 11.8 Å². The highest BCUT2D eigenvalue weighted by Crippen LogP contribution is 2.42. The zero-order chi connectivity index (χ0) is 12.5. The molecule has 0 radical (unpaired) electrons. The predicted molar refractivity (Wildman–Crippen MR) is 64.8 cm³/mol. The molecule has 2 N–H and O–H groups in total. The lowest BCUT2D eigenvalue weighted by atomic mass is 9.69. The monoisotopic (exact) mass is 234 g/mol. The van der Waals surface area contributed by atoms with Crippen LogP contribution < -0.4 is 0 Å². The van der Waals surface area contributed by atoms with Crippen molar-refractivity contribution in [2.45, 2.75) is 37.7 Å². The van der Waals surface area contributed by atoms with Gasteiger partial charge in [-0.2, -0.15) is 0 Å². The van der Waals surface area contributed by atoms with Gasteiger partial charge in [0.15, 0.2) is 0 Å². The lowest BCUT2D eigenvalue weighted by Crippen LogP contribution is -2.38. The Morgan fingerprint density at radius 2 is 2.00 bits per heavy atom. The fourth-order valence-electron chi connectivity index (χ4n) is 2.73. The second-order valence-corrected chi connectivity index (χ2v) is 5.20. The Morgan fingerprint density at radius 1 is 1.35 bits per heavy atom. The first-order valence-corrected chi connectivity index (χ1v) is 6.00. The molecule has 3 heteroatoms. The van der Waals surface area contributed by atoms with Crippen LogP contribution in [0, 0.1) is 5.92 Å². The van der Waals surface area contributed by atoms with E-state index in [1.807, 2.05) is 30.3 Å². The number of carboxylic acids is 1. The van der Waals surface area contributed by atoms with Gasteiger partial charge in [-0.1, -0.05) is 30.3 Å². The largest absolute Gasteiger partial charge is 0.481 e. The zero-order valence-electron chi connectivity index (χ0n) is 9.97. The SMILES string of the molecule is CC1(O)CC[C@@H](C(=O)O)[C@H](c2ccccc2)C1. The summed E-state index contributed by atoms with van der Waals surface area (Å²) in [5.41, 5.74) is 0.270. The van der Waals surface area contributed by atoms with Gasteiger partial charge < -0.3 is 10.2 Å². The van der Waals surface area contributed by atoms with E-state index in [9.17, 15) is 15.0 Å². The predicted octanol–water partition coefficient (Wildman–Crippen LogP) is 2.41. The van der Waals surface area contributed by atoms with E-state index in [0.29, 0.717) is 19.3 Å². The first-order chi connectivity index (χ1) is 7.99. The van der Waals surface area contributed by atoms with Crippen LogP contribution in [0.25, 0.3) is 0 Å². The molecule has 0 saturated heterocycles. The minimum absolute atomic E-state index is 0.0857. The number of hydrogen-bond donors (Lipinski definition) is 2. The molecule has 0 heterocycles. The van der Waals surface area contributed by atoms with Crippen LogP contribution in [0.5, 0.6) is 0 Å². The molecular weight excluding hydrogens is 216 g/mol. The Bertz CT molecular complexity index is 397. The smallest absolute Gasteiger partial charge is 0.307 e.